The molecule has 22 heavy (non-hydrogen) atoms. The first-order valence-electron chi connectivity index (χ1n) is 9.72. The Balaban J connectivity index is 1.63. The van der Waals surface area contributed by atoms with Gasteiger partial charge in [-0.1, -0.05) is 31.6 Å². The van der Waals surface area contributed by atoms with Gasteiger partial charge >= 0.3 is 0 Å². The summed E-state index contributed by atoms with van der Waals surface area (Å²) in [6.45, 7) is 6.89. The maximum absolute atomic E-state index is 5.95. The molecule has 0 aromatic carbocycles. The van der Waals surface area contributed by atoms with E-state index in [1.807, 2.05) is 6.08 Å². The van der Waals surface area contributed by atoms with Gasteiger partial charge in [-0.3, -0.25) is 0 Å². The summed E-state index contributed by atoms with van der Waals surface area (Å²) in [4.78, 5) is 0. The minimum atomic E-state index is 0.532. The van der Waals surface area contributed by atoms with Gasteiger partial charge in [0.2, 0.25) is 0 Å². The molecule has 2 aliphatic carbocycles. The molecule has 0 aromatic rings. The second-order valence-corrected chi connectivity index (χ2v) is 7.38. The molecule has 0 heterocycles. The van der Waals surface area contributed by atoms with E-state index in [0.29, 0.717) is 6.10 Å². The molecule has 0 radical (unpaired) electrons. The summed E-state index contributed by atoms with van der Waals surface area (Å²) in [5.41, 5.74) is 0. The zero-order valence-electron chi connectivity index (χ0n) is 14.6. The van der Waals surface area contributed by atoms with Crippen LogP contribution in [0.25, 0.3) is 0 Å². The lowest BCUT2D eigenvalue weighted by Crippen LogP contribution is -2.28. The van der Waals surface area contributed by atoms with E-state index in [0.717, 1.165) is 30.8 Å². The van der Waals surface area contributed by atoms with Crippen LogP contribution < -0.4 is 0 Å². The lowest BCUT2D eigenvalue weighted by atomic mass is 9.70. The molecule has 0 spiro atoms. The Kier molecular flexibility index (Phi) is 8.30. The van der Waals surface area contributed by atoms with E-state index >= 15 is 0 Å². The highest BCUT2D eigenvalue weighted by Crippen LogP contribution is 2.40. The predicted molar refractivity (Wildman–Crippen MR) is 96.0 cm³/mol. The molecule has 1 heteroatoms. The highest BCUT2D eigenvalue weighted by atomic mass is 16.5. The molecule has 0 bridgehead atoms. The molecule has 0 aromatic heterocycles. The number of rotatable bonds is 8. The van der Waals surface area contributed by atoms with Crippen LogP contribution in [0.4, 0.5) is 0 Å². The summed E-state index contributed by atoms with van der Waals surface area (Å²) in [6, 6.07) is 0. The fourth-order valence-electron chi connectivity index (χ4n) is 4.31. The second kappa shape index (κ2) is 10.3. The minimum Gasteiger partial charge on any atom is -0.378 e. The topological polar surface area (TPSA) is 9.23 Å². The SMILES string of the molecule is C=CCCOC1CCC([C@H]2CC[C@H](/C=C/CCC)CC2)CC1. The Labute approximate surface area is 138 Å². The van der Waals surface area contributed by atoms with E-state index in [2.05, 4.69) is 25.7 Å². The third-order valence-electron chi connectivity index (χ3n) is 5.74. The van der Waals surface area contributed by atoms with Crippen molar-refractivity contribution in [2.45, 2.75) is 83.7 Å². The van der Waals surface area contributed by atoms with Crippen molar-refractivity contribution in [2.24, 2.45) is 17.8 Å². The van der Waals surface area contributed by atoms with Crippen LogP contribution in [-0.2, 0) is 4.74 Å². The van der Waals surface area contributed by atoms with E-state index in [-0.39, 0.29) is 0 Å². The molecule has 0 saturated heterocycles. The van der Waals surface area contributed by atoms with Crippen LogP contribution in [0.1, 0.15) is 77.6 Å². The van der Waals surface area contributed by atoms with E-state index in [9.17, 15) is 0 Å². The smallest absolute Gasteiger partial charge is 0.0575 e. The first-order valence-corrected chi connectivity index (χ1v) is 9.72. The average Bonchev–Trinajstić information content (AvgIpc) is 2.57. The van der Waals surface area contributed by atoms with E-state index in [4.69, 9.17) is 4.74 Å². The highest BCUT2D eigenvalue weighted by molar-refractivity contribution is 4.92. The van der Waals surface area contributed by atoms with Gasteiger partial charge in [-0.15, -0.1) is 6.58 Å². The molecule has 126 valence electrons. The molecule has 0 N–H and O–H groups in total. The monoisotopic (exact) mass is 304 g/mol. The Morgan fingerprint density at radius 2 is 1.55 bits per heavy atom. The maximum Gasteiger partial charge on any atom is 0.0575 e. The van der Waals surface area contributed by atoms with Crippen molar-refractivity contribution in [3.8, 4) is 0 Å². The molecule has 0 atom stereocenters. The van der Waals surface area contributed by atoms with Crippen LogP contribution in [0.15, 0.2) is 24.8 Å². The molecular formula is C21H36O. The Hall–Kier alpha value is -0.560. The van der Waals surface area contributed by atoms with Crippen LogP contribution in [0, 0.1) is 17.8 Å². The second-order valence-electron chi connectivity index (χ2n) is 7.38. The van der Waals surface area contributed by atoms with Crippen molar-refractivity contribution in [2.75, 3.05) is 6.61 Å². The zero-order valence-corrected chi connectivity index (χ0v) is 14.6. The minimum absolute atomic E-state index is 0.532. The van der Waals surface area contributed by atoms with Crippen molar-refractivity contribution in [3.63, 3.8) is 0 Å². The highest BCUT2D eigenvalue weighted by Gasteiger charge is 2.30. The molecule has 2 saturated carbocycles. The Morgan fingerprint density at radius 3 is 2.14 bits per heavy atom. The van der Waals surface area contributed by atoms with Crippen LogP contribution in [0.2, 0.25) is 0 Å². The van der Waals surface area contributed by atoms with Crippen LogP contribution in [0.3, 0.4) is 0 Å². The largest absolute Gasteiger partial charge is 0.378 e. The third-order valence-corrected chi connectivity index (χ3v) is 5.74. The lowest BCUT2D eigenvalue weighted by molar-refractivity contribution is 0.00984. The van der Waals surface area contributed by atoms with Crippen molar-refractivity contribution in [3.05, 3.63) is 24.8 Å². The summed E-state index contributed by atoms with van der Waals surface area (Å²) >= 11 is 0. The Bertz CT molecular complexity index is 317. The molecular weight excluding hydrogens is 268 g/mol. The molecule has 1 nitrogen and oxygen atoms in total. The van der Waals surface area contributed by atoms with Crippen LogP contribution in [-0.4, -0.2) is 12.7 Å². The quantitative estimate of drug-likeness (QED) is 0.377. The van der Waals surface area contributed by atoms with Gasteiger partial charge in [0.25, 0.3) is 0 Å². The zero-order chi connectivity index (χ0) is 15.6. The fourth-order valence-corrected chi connectivity index (χ4v) is 4.31. The standard InChI is InChI=1S/C21H36O/c1-3-5-7-8-18-9-11-19(12-10-18)20-13-15-21(16-14-20)22-17-6-4-2/h4,7-8,18-21H,2-3,5-6,9-17H2,1H3/b8-7+/t18-,19-,20?,21?. The van der Waals surface area contributed by atoms with Gasteiger partial charge in [-0.2, -0.15) is 0 Å². The molecule has 0 amide bonds. The maximum atomic E-state index is 5.95. The normalized spacial score (nSPS) is 33.1. The van der Waals surface area contributed by atoms with Gasteiger partial charge in [0.1, 0.15) is 0 Å². The van der Waals surface area contributed by atoms with Gasteiger partial charge in [-0.25, -0.2) is 0 Å². The predicted octanol–water partition coefficient (Wildman–Crippen LogP) is 6.30. The average molecular weight is 305 g/mol. The number of allylic oxidation sites excluding steroid dienone is 2. The molecule has 2 fully saturated rings. The van der Waals surface area contributed by atoms with Crippen molar-refractivity contribution in [1.29, 1.82) is 0 Å². The summed E-state index contributed by atoms with van der Waals surface area (Å²) in [5.74, 6) is 2.87. The number of unbranched alkanes of at least 4 members (excludes halogenated alkanes) is 1. The summed E-state index contributed by atoms with van der Waals surface area (Å²) in [6.07, 6.45) is 22.1. The fraction of sp³-hybridized carbons (Fsp3) is 0.810. The Morgan fingerprint density at radius 1 is 0.909 bits per heavy atom. The number of hydrogen-bond donors (Lipinski definition) is 0. The van der Waals surface area contributed by atoms with E-state index < -0.39 is 0 Å². The van der Waals surface area contributed by atoms with Gasteiger partial charge in [-0.05, 0) is 82.0 Å². The summed E-state index contributed by atoms with van der Waals surface area (Å²) in [7, 11) is 0. The first-order chi connectivity index (χ1) is 10.8. The van der Waals surface area contributed by atoms with Gasteiger partial charge in [0, 0.05) is 0 Å². The third kappa shape index (κ3) is 5.91. The van der Waals surface area contributed by atoms with Gasteiger partial charge in [0.05, 0.1) is 12.7 Å². The lowest BCUT2D eigenvalue weighted by Gasteiger charge is -2.37. The molecule has 0 aliphatic heterocycles. The van der Waals surface area contributed by atoms with Crippen molar-refractivity contribution in [1.82, 2.24) is 0 Å². The van der Waals surface area contributed by atoms with Crippen molar-refractivity contribution < 1.29 is 4.74 Å². The first kappa shape index (κ1) is 17.8. The van der Waals surface area contributed by atoms with E-state index in [1.165, 1.54) is 64.2 Å². The molecule has 2 aliphatic rings. The van der Waals surface area contributed by atoms with Gasteiger partial charge in [0.15, 0.2) is 0 Å². The molecule has 0 unspecified atom stereocenters. The summed E-state index contributed by atoms with van der Waals surface area (Å²) in [5, 5.41) is 0. The number of ether oxygens (including phenoxy) is 1. The van der Waals surface area contributed by atoms with Crippen molar-refractivity contribution >= 4 is 0 Å². The van der Waals surface area contributed by atoms with E-state index in [1.54, 1.807) is 0 Å². The van der Waals surface area contributed by atoms with Crippen LogP contribution >= 0.6 is 0 Å². The number of hydrogen-bond acceptors (Lipinski definition) is 1. The van der Waals surface area contributed by atoms with Crippen LogP contribution in [0.5, 0.6) is 0 Å². The summed E-state index contributed by atoms with van der Waals surface area (Å²) < 4.78 is 5.95. The van der Waals surface area contributed by atoms with Gasteiger partial charge < -0.3 is 4.74 Å². The molecule has 2 rings (SSSR count).